The highest BCUT2D eigenvalue weighted by atomic mass is 19.4. The van der Waals surface area contributed by atoms with Gasteiger partial charge < -0.3 is 10.4 Å². The maximum atomic E-state index is 12.9. The number of nitrogens with one attached hydrogen (secondary N) is 1. The van der Waals surface area contributed by atoms with E-state index in [1.165, 1.54) is 6.42 Å². The second-order valence-corrected chi connectivity index (χ2v) is 8.89. The Morgan fingerprint density at radius 1 is 0.939 bits per heavy atom. The third-order valence-corrected chi connectivity index (χ3v) is 6.30. The van der Waals surface area contributed by atoms with Gasteiger partial charge in [-0.3, -0.25) is 4.98 Å². The number of nitrogens with zero attached hydrogens (tertiary/aromatic N) is 3. The maximum absolute atomic E-state index is 12.9. The molecule has 0 aliphatic heterocycles. The lowest BCUT2D eigenvalue weighted by molar-refractivity contribution is -0.141. The van der Waals surface area contributed by atoms with Crippen LogP contribution in [0.25, 0.3) is 11.1 Å². The van der Waals surface area contributed by atoms with E-state index in [1.807, 2.05) is 44.2 Å². The molecule has 1 aromatic carbocycles. The first-order valence-corrected chi connectivity index (χ1v) is 11.1. The van der Waals surface area contributed by atoms with E-state index in [-0.39, 0.29) is 11.9 Å². The average molecular weight is 457 g/mol. The van der Waals surface area contributed by atoms with E-state index < -0.39 is 17.5 Å². The smallest absolute Gasteiger partial charge is 0.384 e. The largest absolute Gasteiger partial charge is 0.433 e. The van der Waals surface area contributed by atoms with E-state index >= 15 is 0 Å². The molecule has 1 saturated carbocycles. The van der Waals surface area contributed by atoms with E-state index in [9.17, 15) is 18.3 Å². The van der Waals surface area contributed by atoms with Gasteiger partial charge in [-0.2, -0.15) is 13.2 Å². The summed E-state index contributed by atoms with van der Waals surface area (Å²) in [7, 11) is 0. The highest BCUT2D eigenvalue weighted by molar-refractivity contribution is 5.70. The summed E-state index contributed by atoms with van der Waals surface area (Å²) in [5.41, 5.74) is 1.86. The SMILES string of the molecule is Cc1cc(Nc2nccc(C(F)(F)F)n2)cc(-c2ccc(C(C)(O)C3CCCCC3)nc2)c1. The first kappa shape index (κ1) is 23.2. The first-order valence-electron chi connectivity index (χ1n) is 11.1. The number of alkyl halides is 3. The van der Waals surface area contributed by atoms with Crippen molar-refractivity contribution in [1.82, 2.24) is 15.0 Å². The van der Waals surface area contributed by atoms with Gasteiger partial charge >= 0.3 is 6.18 Å². The Hall–Kier alpha value is -3.00. The molecule has 8 heteroatoms. The lowest BCUT2D eigenvalue weighted by Gasteiger charge is -2.35. The molecule has 174 valence electrons. The van der Waals surface area contributed by atoms with Crippen molar-refractivity contribution in [3.05, 3.63) is 65.7 Å². The van der Waals surface area contributed by atoms with Gasteiger partial charge in [0, 0.05) is 23.6 Å². The van der Waals surface area contributed by atoms with E-state index in [4.69, 9.17) is 0 Å². The number of benzene rings is 1. The first-order chi connectivity index (χ1) is 15.6. The lowest BCUT2D eigenvalue weighted by Crippen LogP contribution is -2.34. The van der Waals surface area contributed by atoms with Crippen molar-refractivity contribution in [2.45, 2.75) is 57.7 Å². The summed E-state index contributed by atoms with van der Waals surface area (Å²) < 4.78 is 38.8. The molecule has 1 aliphatic carbocycles. The van der Waals surface area contributed by atoms with Gasteiger partial charge in [0.2, 0.25) is 5.95 Å². The van der Waals surface area contributed by atoms with Gasteiger partial charge in [0.25, 0.3) is 0 Å². The Balaban J connectivity index is 1.57. The summed E-state index contributed by atoms with van der Waals surface area (Å²) in [6.45, 7) is 3.74. The number of anilines is 2. The standard InChI is InChI=1S/C25H27F3N4O/c1-16-12-18(14-20(13-16)31-23-29-11-10-22(32-23)25(26,27)28)17-8-9-21(30-15-17)24(2,33)19-6-4-3-5-7-19/h8-15,19,33H,3-7H2,1-2H3,(H,29,31,32). The van der Waals surface area contributed by atoms with Crippen LogP contribution in [0.1, 0.15) is 56.0 Å². The normalized spacial score (nSPS) is 16.9. The summed E-state index contributed by atoms with van der Waals surface area (Å²) in [6, 6.07) is 10.2. The van der Waals surface area contributed by atoms with Gasteiger partial charge in [-0.1, -0.05) is 31.4 Å². The number of aryl methyl sites for hydroxylation is 1. The predicted molar refractivity (Wildman–Crippen MR) is 121 cm³/mol. The summed E-state index contributed by atoms with van der Waals surface area (Å²) in [5, 5.41) is 14.0. The fourth-order valence-electron chi connectivity index (χ4n) is 4.47. The third kappa shape index (κ3) is 5.33. The molecule has 2 heterocycles. The molecule has 2 N–H and O–H groups in total. The third-order valence-electron chi connectivity index (χ3n) is 6.30. The fourth-order valence-corrected chi connectivity index (χ4v) is 4.47. The second kappa shape index (κ2) is 9.09. The zero-order valence-corrected chi connectivity index (χ0v) is 18.7. The Morgan fingerprint density at radius 3 is 2.36 bits per heavy atom. The highest BCUT2D eigenvalue weighted by Gasteiger charge is 2.35. The van der Waals surface area contributed by atoms with Crippen LogP contribution < -0.4 is 5.32 Å². The minimum absolute atomic E-state index is 0.127. The number of aromatic nitrogens is 3. The van der Waals surface area contributed by atoms with Crippen LogP contribution in [0, 0.1) is 12.8 Å². The Bertz CT molecular complexity index is 1110. The van der Waals surface area contributed by atoms with Gasteiger partial charge in [-0.25, -0.2) is 9.97 Å². The van der Waals surface area contributed by atoms with Crippen molar-refractivity contribution >= 4 is 11.6 Å². The van der Waals surface area contributed by atoms with Crippen molar-refractivity contribution in [3.8, 4) is 11.1 Å². The van der Waals surface area contributed by atoms with E-state index in [0.29, 0.717) is 11.4 Å². The molecule has 33 heavy (non-hydrogen) atoms. The van der Waals surface area contributed by atoms with Crippen molar-refractivity contribution in [3.63, 3.8) is 0 Å². The number of hydrogen-bond acceptors (Lipinski definition) is 5. The van der Waals surface area contributed by atoms with Gasteiger partial charge in [0.05, 0.1) is 5.69 Å². The minimum Gasteiger partial charge on any atom is -0.384 e. The topological polar surface area (TPSA) is 70.9 Å². The molecular formula is C25H27F3N4O. The summed E-state index contributed by atoms with van der Waals surface area (Å²) in [6.07, 6.45) is 3.75. The van der Waals surface area contributed by atoms with Crippen LogP contribution in [0.5, 0.6) is 0 Å². The molecule has 1 unspecified atom stereocenters. The predicted octanol–water partition coefficient (Wildman–Crippen LogP) is 6.40. The molecule has 1 fully saturated rings. The summed E-state index contributed by atoms with van der Waals surface area (Å²) in [5.74, 6) is 0.0743. The number of halogens is 3. The Kier molecular flexibility index (Phi) is 6.38. The van der Waals surface area contributed by atoms with Gasteiger partial charge in [-0.05, 0) is 68.0 Å². The number of aliphatic hydroxyl groups is 1. The zero-order valence-electron chi connectivity index (χ0n) is 18.7. The van der Waals surface area contributed by atoms with E-state index in [1.54, 1.807) is 6.20 Å². The van der Waals surface area contributed by atoms with Crippen molar-refractivity contribution in [2.24, 2.45) is 5.92 Å². The fraction of sp³-hybridized carbons (Fsp3) is 0.400. The molecule has 0 spiro atoms. The Morgan fingerprint density at radius 2 is 1.70 bits per heavy atom. The van der Waals surface area contributed by atoms with Crippen molar-refractivity contribution < 1.29 is 18.3 Å². The molecule has 0 bridgehead atoms. The molecule has 2 aromatic heterocycles. The van der Waals surface area contributed by atoms with Gasteiger partial charge in [0.15, 0.2) is 0 Å². The van der Waals surface area contributed by atoms with Crippen molar-refractivity contribution in [2.75, 3.05) is 5.32 Å². The van der Waals surface area contributed by atoms with Crippen LogP contribution in [-0.4, -0.2) is 20.1 Å². The van der Waals surface area contributed by atoms with Crippen LogP contribution in [-0.2, 0) is 11.8 Å². The molecule has 3 aromatic rings. The van der Waals surface area contributed by atoms with Crippen LogP contribution >= 0.6 is 0 Å². The van der Waals surface area contributed by atoms with Crippen molar-refractivity contribution in [1.29, 1.82) is 0 Å². The molecule has 0 amide bonds. The van der Waals surface area contributed by atoms with E-state index in [0.717, 1.165) is 54.6 Å². The minimum atomic E-state index is -4.54. The van der Waals surface area contributed by atoms with Gasteiger partial charge in [0.1, 0.15) is 11.3 Å². The van der Waals surface area contributed by atoms with Crippen LogP contribution in [0.15, 0.2) is 48.8 Å². The van der Waals surface area contributed by atoms with Crippen LogP contribution in [0.4, 0.5) is 24.8 Å². The van der Waals surface area contributed by atoms with Crippen LogP contribution in [0.2, 0.25) is 0 Å². The second-order valence-electron chi connectivity index (χ2n) is 8.89. The highest BCUT2D eigenvalue weighted by Crippen LogP contribution is 2.38. The number of hydrogen-bond donors (Lipinski definition) is 2. The number of rotatable bonds is 5. The molecule has 0 radical (unpaired) electrons. The average Bonchev–Trinajstić information content (AvgIpc) is 2.79. The van der Waals surface area contributed by atoms with E-state index in [2.05, 4.69) is 20.3 Å². The molecule has 0 saturated heterocycles. The molecular weight excluding hydrogens is 429 g/mol. The molecule has 5 nitrogen and oxygen atoms in total. The Labute approximate surface area is 191 Å². The quantitative estimate of drug-likeness (QED) is 0.465. The molecule has 4 rings (SSSR count). The zero-order chi connectivity index (χ0) is 23.6. The molecule has 1 aliphatic rings. The number of pyridine rings is 1. The summed E-state index contributed by atoms with van der Waals surface area (Å²) in [4.78, 5) is 12.0. The van der Waals surface area contributed by atoms with Crippen LogP contribution in [0.3, 0.4) is 0 Å². The lowest BCUT2D eigenvalue weighted by atomic mass is 9.76. The monoisotopic (exact) mass is 456 g/mol. The molecule has 1 atom stereocenters. The van der Waals surface area contributed by atoms with Gasteiger partial charge in [-0.15, -0.1) is 0 Å². The maximum Gasteiger partial charge on any atom is 0.433 e. The summed E-state index contributed by atoms with van der Waals surface area (Å²) >= 11 is 0.